The second kappa shape index (κ2) is 9.72. The number of anilines is 1. The van der Waals surface area contributed by atoms with Crippen molar-refractivity contribution in [3.8, 4) is 11.3 Å². The van der Waals surface area contributed by atoms with Gasteiger partial charge in [0.2, 0.25) is 5.91 Å². The zero-order valence-electron chi connectivity index (χ0n) is 17.8. The highest BCUT2D eigenvalue weighted by Gasteiger charge is 2.32. The summed E-state index contributed by atoms with van der Waals surface area (Å²) in [5.74, 6) is 1.06. The average Bonchev–Trinajstić information content (AvgIpc) is 2.85. The monoisotopic (exact) mass is 424 g/mol. The molecule has 2 amide bonds. The highest BCUT2D eigenvalue weighted by atomic mass is 16.6. The van der Waals surface area contributed by atoms with Crippen LogP contribution in [0.4, 0.5) is 10.6 Å². The van der Waals surface area contributed by atoms with Crippen LogP contribution in [-0.2, 0) is 9.53 Å². The van der Waals surface area contributed by atoms with Gasteiger partial charge in [0.25, 0.3) is 0 Å². The van der Waals surface area contributed by atoms with E-state index in [1.807, 2.05) is 29.2 Å². The highest BCUT2D eigenvalue weighted by Crippen LogP contribution is 2.25. The summed E-state index contributed by atoms with van der Waals surface area (Å²) in [5, 5.41) is 8.74. The third-order valence-electron chi connectivity index (χ3n) is 5.91. The first kappa shape index (κ1) is 21.0. The predicted molar refractivity (Wildman–Crippen MR) is 115 cm³/mol. The van der Waals surface area contributed by atoms with E-state index < -0.39 is 0 Å². The number of rotatable bonds is 4. The Balaban J connectivity index is 1.27. The molecule has 9 heteroatoms. The van der Waals surface area contributed by atoms with Crippen LogP contribution in [0.5, 0.6) is 0 Å². The maximum atomic E-state index is 12.9. The number of nitrogens with zero attached hydrogens (tertiary/aromatic N) is 6. The number of piperazine rings is 1. The van der Waals surface area contributed by atoms with E-state index in [0.717, 1.165) is 43.0 Å². The summed E-state index contributed by atoms with van der Waals surface area (Å²) in [5.41, 5.74) is 1.81. The Bertz CT molecular complexity index is 876. The van der Waals surface area contributed by atoms with E-state index in [2.05, 4.69) is 20.1 Å². The molecule has 4 rings (SSSR count). The van der Waals surface area contributed by atoms with E-state index in [9.17, 15) is 9.59 Å². The molecule has 0 aliphatic carbocycles. The normalized spacial score (nSPS) is 17.5. The smallest absolute Gasteiger partial charge is 0.409 e. The van der Waals surface area contributed by atoms with Gasteiger partial charge in [0.1, 0.15) is 0 Å². The minimum Gasteiger partial charge on any atom is -0.450 e. The molecule has 2 aromatic rings. The van der Waals surface area contributed by atoms with Crippen LogP contribution in [0.1, 0.15) is 19.8 Å². The van der Waals surface area contributed by atoms with Crippen LogP contribution in [-0.4, -0.2) is 82.9 Å². The minimum atomic E-state index is -0.293. The molecule has 0 unspecified atom stereocenters. The SMILES string of the molecule is CCOC(=O)N1CCN(C(=O)C2CCN(c3ccc(-c4ccncc4)nn3)CC2)CC1. The average molecular weight is 425 g/mol. The van der Waals surface area contributed by atoms with Gasteiger partial charge in [0, 0.05) is 63.1 Å². The third kappa shape index (κ3) is 4.92. The summed E-state index contributed by atoms with van der Waals surface area (Å²) in [4.78, 5) is 34.5. The Hall–Kier alpha value is -3.23. The Kier molecular flexibility index (Phi) is 6.59. The molecule has 2 aliphatic rings. The van der Waals surface area contributed by atoms with Crippen molar-refractivity contribution in [3.63, 3.8) is 0 Å². The number of piperidine rings is 1. The lowest BCUT2D eigenvalue weighted by Crippen LogP contribution is -2.53. The molecule has 2 aromatic heterocycles. The molecular weight excluding hydrogens is 396 g/mol. The molecule has 0 N–H and O–H groups in total. The Morgan fingerprint density at radius 2 is 1.61 bits per heavy atom. The van der Waals surface area contributed by atoms with E-state index in [1.54, 1.807) is 24.2 Å². The van der Waals surface area contributed by atoms with Gasteiger partial charge in [-0.15, -0.1) is 10.2 Å². The molecule has 0 atom stereocenters. The summed E-state index contributed by atoms with van der Waals surface area (Å²) in [6.07, 6.45) is 4.78. The molecule has 4 heterocycles. The lowest BCUT2D eigenvalue weighted by molar-refractivity contribution is -0.137. The molecule has 9 nitrogen and oxygen atoms in total. The molecule has 2 aliphatic heterocycles. The summed E-state index contributed by atoms with van der Waals surface area (Å²) in [7, 11) is 0. The Morgan fingerprint density at radius 1 is 0.935 bits per heavy atom. The minimum absolute atomic E-state index is 0.0226. The van der Waals surface area contributed by atoms with E-state index in [1.165, 1.54) is 0 Å². The lowest BCUT2D eigenvalue weighted by Gasteiger charge is -2.38. The van der Waals surface area contributed by atoms with Crippen LogP contribution in [0.3, 0.4) is 0 Å². The van der Waals surface area contributed by atoms with Gasteiger partial charge in [0.15, 0.2) is 5.82 Å². The van der Waals surface area contributed by atoms with E-state index in [4.69, 9.17) is 4.74 Å². The fourth-order valence-corrected chi connectivity index (χ4v) is 4.11. The summed E-state index contributed by atoms with van der Waals surface area (Å²) in [6.45, 7) is 5.93. The van der Waals surface area contributed by atoms with Crippen LogP contribution in [0.25, 0.3) is 11.3 Å². The number of hydrogen-bond acceptors (Lipinski definition) is 7. The van der Waals surface area contributed by atoms with Crippen LogP contribution in [0.15, 0.2) is 36.7 Å². The van der Waals surface area contributed by atoms with E-state index in [0.29, 0.717) is 32.8 Å². The van der Waals surface area contributed by atoms with Crippen molar-refractivity contribution in [2.75, 3.05) is 50.8 Å². The molecule has 2 saturated heterocycles. The van der Waals surface area contributed by atoms with Crippen molar-refractivity contribution in [2.45, 2.75) is 19.8 Å². The second-order valence-corrected chi connectivity index (χ2v) is 7.79. The first-order valence-corrected chi connectivity index (χ1v) is 10.8. The third-order valence-corrected chi connectivity index (χ3v) is 5.91. The largest absolute Gasteiger partial charge is 0.450 e. The molecule has 2 fully saturated rings. The molecule has 0 aromatic carbocycles. The fourth-order valence-electron chi connectivity index (χ4n) is 4.11. The number of ether oxygens (including phenoxy) is 1. The molecule has 0 spiro atoms. The summed E-state index contributed by atoms with van der Waals surface area (Å²) in [6, 6.07) is 7.78. The standard InChI is InChI=1S/C22H28N6O3/c1-2-31-22(30)28-15-13-27(14-16-28)21(29)18-7-11-26(12-8-18)20-4-3-19(24-25-20)17-5-9-23-10-6-17/h3-6,9-10,18H,2,7-8,11-16H2,1H3. The zero-order valence-corrected chi connectivity index (χ0v) is 17.8. The summed E-state index contributed by atoms with van der Waals surface area (Å²) < 4.78 is 5.04. The number of aromatic nitrogens is 3. The maximum absolute atomic E-state index is 12.9. The van der Waals surface area contributed by atoms with Crippen molar-refractivity contribution >= 4 is 17.8 Å². The summed E-state index contributed by atoms with van der Waals surface area (Å²) >= 11 is 0. The van der Waals surface area contributed by atoms with Crippen molar-refractivity contribution in [1.29, 1.82) is 0 Å². The van der Waals surface area contributed by atoms with E-state index in [-0.39, 0.29) is 17.9 Å². The number of hydrogen-bond donors (Lipinski definition) is 0. The van der Waals surface area contributed by atoms with Crippen LogP contribution < -0.4 is 4.90 Å². The van der Waals surface area contributed by atoms with Gasteiger partial charge in [0.05, 0.1) is 12.3 Å². The Morgan fingerprint density at radius 3 is 2.23 bits per heavy atom. The van der Waals surface area contributed by atoms with Crippen molar-refractivity contribution in [2.24, 2.45) is 5.92 Å². The fraction of sp³-hybridized carbons (Fsp3) is 0.500. The number of pyridine rings is 1. The van der Waals surface area contributed by atoms with Crippen molar-refractivity contribution in [1.82, 2.24) is 25.0 Å². The van der Waals surface area contributed by atoms with Gasteiger partial charge in [-0.2, -0.15) is 0 Å². The van der Waals surface area contributed by atoms with Crippen LogP contribution in [0.2, 0.25) is 0 Å². The molecule has 0 saturated carbocycles. The quantitative estimate of drug-likeness (QED) is 0.742. The number of carbonyl (C=O) groups is 2. The molecular formula is C22H28N6O3. The van der Waals surface area contributed by atoms with Gasteiger partial charge in [-0.25, -0.2) is 4.79 Å². The van der Waals surface area contributed by atoms with Crippen LogP contribution in [0, 0.1) is 5.92 Å². The maximum Gasteiger partial charge on any atom is 0.409 e. The number of amides is 2. The van der Waals surface area contributed by atoms with Crippen molar-refractivity contribution in [3.05, 3.63) is 36.7 Å². The second-order valence-electron chi connectivity index (χ2n) is 7.79. The van der Waals surface area contributed by atoms with Gasteiger partial charge < -0.3 is 19.4 Å². The highest BCUT2D eigenvalue weighted by molar-refractivity contribution is 5.79. The van der Waals surface area contributed by atoms with Gasteiger partial charge in [-0.1, -0.05) is 0 Å². The van der Waals surface area contributed by atoms with Gasteiger partial charge in [-0.3, -0.25) is 9.78 Å². The van der Waals surface area contributed by atoms with Crippen molar-refractivity contribution < 1.29 is 14.3 Å². The molecule has 0 radical (unpaired) electrons. The predicted octanol–water partition coefficient (Wildman–Crippen LogP) is 2.06. The van der Waals surface area contributed by atoms with Gasteiger partial charge in [-0.05, 0) is 44.0 Å². The first-order valence-electron chi connectivity index (χ1n) is 10.8. The Labute approximate surface area is 182 Å². The number of carbonyl (C=O) groups excluding carboxylic acids is 2. The van der Waals surface area contributed by atoms with Gasteiger partial charge >= 0.3 is 6.09 Å². The zero-order chi connectivity index (χ0) is 21.6. The first-order chi connectivity index (χ1) is 15.2. The molecule has 164 valence electrons. The molecule has 0 bridgehead atoms. The van der Waals surface area contributed by atoms with E-state index >= 15 is 0 Å². The van der Waals surface area contributed by atoms with Crippen LogP contribution >= 0.6 is 0 Å². The molecule has 31 heavy (non-hydrogen) atoms. The topological polar surface area (TPSA) is 91.8 Å². The lowest BCUT2D eigenvalue weighted by atomic mass is 9.95.